The average Bonchev–Trinajstić information content (AvgIpc) is 2.64. The van der Waals surface area contributed by atoms with Crippen LogP contribution in [0.2, 0.25) is 0 Å². The maximum atomic E-state index is 13.3. The molecule has 2 aromatic rings. The van der Waals surface area contributed by atoms with Gasteiger partial charge in [-0.15, -0.1) is 0 Å². The van der Waals surface area contributed by atoms with Crippen molar-refractivity contribution >= 4 is 23.3 Å². The molecule has 28 heavy (non-hydrogen) atoms. The lowest BCUT2D eigenvalue weighted by molar-refractivity contribution is -0.387. The quantitative estimate of drug-likeness (QED) is 0.441. The van der Waals surface area contributed by atoms with E-state index in [0.717, 1.165) is 23.8 Å². The highest BCUT2D eigenvalue weighted by Gasteiger charge is 2.24. The van der Waals surface area contributed by atoms with Crippen molar-refractivity contribution in [2.24, 2.45) is 0 Å². The number of hydrogen-bond acceptors (Lipinski definition) is 6. The van der Waals surface area contributed by atoms with Gasteiger partial charge in [0.15, 0.2) is 12.2 Å². The van der Waals surface area contributed by atoms with Crippen LogP contribution in [0.15, 0.2) is 42.5 Å². The molecular formula is C19H19FN2O6. The SMILES string of the molecule is Cc1ccc(OC(C)C(=O)OC(C)C(=O)Nc2ccc(F)c([N+](=O)[O-])c2)cc1. The molecule has 0 aliphatic rings. The predicted octanol–water partition coefficient (Wildman–Crippen LogP) is 3.38. The first kappa shape index (κ1) is 20.8. The van der Waals surface area contributed by atoms with E-state index in [4.69, 9.17) is 9.47 Å². The largest absolute Gasteiger partial charge is 0.479 e. The van der Waals surface area contributed by atoms with Crippen LogP contribution in [-0.2, 0) is 14.3 Å². The van der Waals surface area contributed by atoms with Crippen LogP contribution in [0.25, 0.3) is 0 Å². The number of halogens is 1. The van der Waals surface area contributed by atoms with Crippen molar-refractivity contribution in [1.29, 1.82) is 0 Å². The molecular weight excluding hydrogens is 371 g/mol. The van der Waals surface area contributed by atoms with E-state index >= 15 is 0 Å². The lowest BCUT2D eigenvalue weighted by Crippen LogP contribution is -2.35. The number of ether oxygens (including phenoxy) is 2. The Balaban J connectivity index is 1.94. The van der Waals surface area contributed by atoms with Gasteiger partial charge in [-0.1, -0.05) is 17.7 Å². The van der Waals surface area contributed by atoms with Gasteiger partial charge in [-0.2, -0.15) is 4.39 Å². The summed E-state index contributed by atoms with van der Waals surface area (Å²) in [5.74, 6) is -2.03. The highest BCUT2D eigenvalue weighted by molar-refractivity contribution is 5.95. The number of carbonyl (C=O) groups excluding carboxylic acids is 2. The van der Waals surface area contributed by atoms with Gasteiger partial charge in [0.1, 0.15) is 5.75 Å². The zero-order chi connectivity index (χ0) is 20.8. The minimum atomic E-state index is -1.19. The number of hydrogen-bond donors (Lipinski definition) is 1. The van der Waals surface area contributed by atoms with Crippen molar-refractivity contribution in [3.63, 3.8) is 0 Å². The first-order valence-corrected chi connectivity index (χ1v) is 8.36. The highest BCUT2D eigenvalue weighted by atomic mass is 19.1. The minimum absolute atomic E-state index is 0.00459. The standard InChI is InChI=1S/C19H19FN2O6/c1-11-4-7-15(8-5-11)27-13(3)19(24)28-12(2)18(23)21-14-6-9-16(20)17(10-14)22(25)26/h4-10,12-13H,1-3H3,(H,21,23). The molecule has 9 heteroatoms. The van der Waals surface area contributed by atoms with Crippen LogP contribution in [0.1, 0.15) is 19.4 Å². The number of amides is 1. The number of nitro groups is 1. The average molecular weight is 390 g/mol. The molecule has 1 amide bonds. The van der Waals surface area contributed by atoms with Crippen LogP contribution in [0.5, 0.6) is 5.75 Å². The third-order valence-corrected chi connectivity index (χ3v) is 3.74. The summed E-state index contributed by atoms with van der Waals surface area (Å²) < 4.78 is 23.9. The maximum Gasteiger partial charge on any atom is 0.347 e. The van der Waals surface area contributed by atoms with E-state index in [9.17, 15) is 24.1 Å². The zero-order valence-corrected chi connectivity index (χ0v) is 15.5. The molecule has 0 spiro atoms. The summed E-state index contributed by atoms with van der Waals surface area (Å²) >= 11 is 0. The van der Waals surface area contributed by atoms with Gasteiger partial charge in [-0.25, -0.2) is 4.79 Å². The number of aryl methyl sites for hydroxylation is 1. The summed E-state index contributed by atoms with van der Waals surface area (Å²) in [6.45, 7) is 4.73. The normalized spacial score (nSPS) is 12.6. The van der Waals surface area contributed by atoms with E-state index < -0.39 is 40.5 Å². The number of benzene rings is 2. The molecule has 2 unspecified atom stereocenters. The summed E-state index contributed by atoms with van der Waals surface area (Å²) in [5.41, 5.74) is 0.265. The van der Waals surface area contributed by atoms with Gasteiger partial charge in [0.25, 0.3) is 5.91 Å². The summed E-state index contributed by atoms with van der Waals surface area (Å²) in [6.07, 6.45) is -2.15. The highest BCUT2D eigenvalue weighted by Crippen LogP contribution is 2.22. The zero-order valence-electron chi connectivity index (χ0n) is 15.5. The Hall–Kier alpha value is -3.49. The lowest BCUT2D eigenvalue weighted by Gasteiger charge is -2.18. The summed E-state index contributed by atoms with van der Waals surface area (Å²) in [5, 5.41) is 13.1. The van der Waals surface area contributed by atoms with Crippen LogP contribution in [0.3, 0.4) is 0 Å². The second kappa shape index (κ2) is 8.94. The Kier molecular flexibility index (Phi) is 6.64. The molecule has 0 aliphatic heterocycles. The smallest absolute Gasteiger partial charge is 0.347 e. The third-order valence-electron chi connectivity index (χ3n) is 3.74. The van der Waals surface area contributed by atoms with Gasteiger partial charge in [-0.05, 0) is 45.0 Å². The van der Waals surface area contributed by atoms with Crippen molar-refractivity contribution in [2.75, 3.05) is 5.32 Å². The number of anilines is 1. The molecule has 0 radical (unpaired) electrons. The Morgan fingerprint density at radius 2 is 1.75 bits per heavy atom. The molecule has 0 saturated carbocycles. The van der Waals surface area contributed by atoms with E-state index in [1.54, 1.807) is 12.1 Å². The number of nitrogens with zero attached hydrogens (tertiary/aromatic N) is 1. The first-order chi connectivity index (χ1) is 13.2. The number of carbonyl (C=O) groups is 2. The molecule has 0 aliphatic carbocycles. The van der Waals surface area contributed by atoms with Gasteiger partial charge in [0.2, 0.25) is 5.82 Å². The van der Waals surface area contributed by atoms with Gasteiger partial charge in [0, 0.05) is 11.8 Å². The fraction of sp³-hybridized carbons (Fsp3) is 0.263. The molecule has 0 aromatic heterocycles. The number of esters is 1. The molecule has 1 N–H and O–H groups in total. The molecule has 148 valence electrons. The molecule has 0 saturated heterocycles. The topological polar surface area (TPSA) is 108 Å². The first-order valence-electron chi connectivity index (χ1n) is 8.36. The third kappa shape index (κ3) is 5.50. The van der Waals surface area contributed by atoms with Crippen LogP contribution < -0.4 is 10.1 Å². The van der Waals surface area contributed by atoms with Crippen molar-refractivity contribution in [1.82, 2.24) is 0 Å². The summed E-state index contributed by atoms with van der Waals surface area (Å²) in [4.78, 5) is 34.1. The molecule has 2 atom stereocenters. The van der Waals surface area contributed by atoms with Crippen LogP contribution in [-0.4, -0.2) is 29.0 Å². The Morgan fingerprint density at radius 3 is 2.36 bits per heavy atom. The van der Waals surface area contributed by atoms with E-state index in [0.29, 0.717) is 5.75 Å². The van der Waals surface area contributed by atoms with E-state index in [-0.39, 0.29) is 5.69 Å². The molecule has 0 bridgehead atoms. The van der Waals surface area contributed by atoms with Gasteiger partial charge in [0.05, 0.1) is 4.92 Å². The van der Waals surface area contributed by atoms with Crippen LogP contribution >= 0.6 is 0 Å². The Morgan fingerprint density at radius 1 is 1.11 bits per heavy atom. The number of rotatable bonds is 7. The number of nitrogens with one attached hydrogen (secondary N) is 1. The van der Waals surface area contributed by atoms with E-state index in [1.165, 1.54) is 13.8 Å². The van der Waals surface area contributed by atoms with E-state index in [2.05, 4.69) is 5.32 Å². The van der Waals surface area contributed by atoms with Gasteiger partial charge >= 0.3 is 11.7 Å². The molecule has 0 heterocycles. The van der Waals surface area contributed by atoms with Crippen LogP contribution in [0, 0.1) is 22.9 Å². The van der Waals surface area contributed by atoms with Gasteiger partial charge < -0.3 is 14.8 Å². The maximum absolute atomic E-state index is 13.3. The van der Waals surface area contributed by atoms with Crippen LogP contribution in [0.4, 0.5) is 15.8 Å². The van der Waals surface area contributed by atoms with Crippen molar-refractivity contribution in [3.05, 3.63) is 64.0 Å². The molecule has 8 nitrogen and oxygen atoms in total. The second-order valence-corrected chi connectivity index (χ2v) is 6.06. The van der Waals surface area contributed by atoms with E-state index in [1.807, 2.05) is 19.1 Å². The van der Waals surface area contributed by atoms with Crippen molar-refractivity contribution in [2.45, 2.75) is 33.0 Å². The molecule has 2 rings (SSSR count). The Labute approximate surface area is 160 Å². The monoisotopic (exact) mass is 390 g/mol. The summed E-state index contributed by atoms with van der Waals surface area (Å²) in [7, 11) is 0. The van der Waals surface area contributed by atoms with Crippen molar-refractivity contribution < 1.29 is 28.4 Å². The van der Waals surface area contributed by atoms with Crippen molar-refractivity contribution in [3.8, 4) is 5.75 Å². The number of nitro benzene ring substituents is 1. The molecule has 2 aromatic carbocycles. The Bertz CT molecular complexity index is 884. The molecule has 0 fully saturated rings. The fourth-order valence-corrected chi connectivity index (χ4v) is 2.17. The van der Waals surface area contributed by atoms with Gasteiger partial charge in [-0.3, -0.25) is 14.9 Å². The lowest BCUT2D eigenvalue weighted by atomic mass is 10.2. The predicted molar refractivity (Wildman–Crippen MR) is 98.5 cm³/mol. The summed E-state index contributed by atoms with van der Waals surface area (Å²) in [6, 6.07) is 9.97. The second-order valence-electron chi connectivity index (χ2n) is 6.06. The minimum Gasteiger partial charge on any atom is -0.479 e. The fourth-order valence-electron chi connectivity index (χ4n) is 2.17.